The monoisotopic (exact) mass is 317 g/mol. The van der Waals surface area contributed by atoms with E-state index < -0.39 is 0 Å². The first-order valence-electron chi connectivity index (χ1n) is 8.11. The molecule has 1 aromatic rings. The van der Waals surface area contributed by atoms with Crippen molar-refractivity contribution in [3.05, 3.63) is 24.3 Å². The fourth-order valence-corrected chi connectivity index (χ4v) is 3.35. The summed E-state index contributed by atoms with van der Waals surface area (Å²) in [4.78, 5) is 12.0. The number of hydrogen-bond donors (Lipinski definition) is 2. The summed E-state index contributed by atoms with van der Waals surface area (Å²) < 4.78 is 5.25. The van der Waals surface area contributed by atoms with Crippen LogP contribution in [-0.4, -0.2) is 25.3 Å². The summed E-state index contributed by atoms with van der Waals surface area (Å²) in [6.45, 7) is 6.91. The molecule has 0 radical (unpaired) electrons. The summed E-state index contributed by atoms with van der Waals surface area (Å²) >= 11 is 0. The lowest BCUT2D eigenvalue weighted by Gasteiger charge is -2.34. The first kappa shape index (κ1) is 17.3. The van der Waals surface area contributed by atoms with Crippen molar-refractivity contribution in [2.24, 2.45) is 16.4 Å². The van der Waals surface area contributed by atoms with Crippen LogP contribution < -0.4 is 15.5 Å². The van der Waals surface area contributed by atoms with Gasteiger partial charge in [-0.05, 0) is 42.7 Å². The second kappa shape index (κ2) is 7.49. The molecule has 2 rings (SSSR count). The summed E-state index contributed by atoms with van der Waals surface area (Å²) in [7, 11) is 1.61. The zero-order chi connectivity index (χ0) is 16.9. The van der Waals surface area contributed by atoms with Crippen LogP contribution in [0.5, 0.6) is 5.75 Å². The molecule has 2 N–H and O–H groups in total. The molecule has 0 saturated heterocycles. The highest BCUT2D eigenvalue weighted by atomic mass is 16.5. The molecule has 5 heteroatoms. The van der Waals surface area contributed by atoms with Gasteiger partial charge in [-0.3, -0.25) is 4.79 Å². The number of carbonyl (C=O) groups is 1. The second-order valence-electron chi connectivity index (χ2n) is 7.12. The molecule has 1 amide bonds. The lowest BCUT2D eigenvalue weighted by atomic mass is 9.72. The van der Waals surface area contributed by atoms with Crippen LogP contribution in [0, 0.1) is 11.3 Å². The van der Waals surface area contributed by atoms with Gasteiger partial charge in [-0.1, -0.05) is 32.9 Å². The Morgan fingerprint density at radius 1 is 1.39 bits per heavy atom. The van der Waals surface area contributed by atoms with Crippen molar-refractivity contribution in [1.29, 1.82) is 0 Å². The van der Waals surface area contributed by atoms with E-state index in [0.29, 0.717) is 5.92 Å². The van der Waals surface area contributed by atoms with Gasteiger partial charge in [0.05, 0.1) is 19.3 Å². The molecule has 1 aromatic carbocycles. The van der Waals surface area contributed by atoms with Crippen LogP contribution in [0.1, 0.15) is 40.0 Å². The third-order valence-corrected chi connectivity index (χ3v) is 4.05. The number of benzene rings is 1. The van der Waals surface area contributed by atoms with Crippen LogP contribution in [0.25, 0.3) is 0 Å². The standard InChI is InChI=1S/C18H27N3O2/c1-13-9-14(11-18(2,3)10-13)20-21-17(22)12-19-15-7-5-6-8-16(15)23-4/h5-8,13,19H,9-12H2,1-4H3,(H,21,22)/b20-14-/t13-/m1/s1. The smallest absolute Gasteiger partial charge is 0.259 e. The molecule has 1 fully saturated rings. The minimum absolute atomic E-state index is 0.153. The maximum absolute atomic E-state index is 12.0. The van der Waals surface area contributed by atoms with Crippen LogP contribution in [0.15, 0.2) is 29.4 Å². The van der Waals surface area contributed by atoms with Gasteiger partial charge in [0.25, 0.3) is 5.91 Å². The van der Waals surface area contributed by atoms with Gasteiger partial charge in [0.15, 0.2) is 0 Å². The fourth-order valence-electron chi connectivity index (χ4n) is 3.35. The van der Waals surface area contributed by atoms with Gasteiger partial charge < -0.3 is 10.1 Å². The Kier molecular flexibility index (Phi) is 5.64. The molecular weight excluding hydrogens is 290 g/mol. The minimum Gasteiger partial charge on any atom is -0.495 e. The zero-order valence-corrected chi connectivity index (χ0v) is 14.5. The number of nitrogens with zero attached hydrogens (tertiary/aromatic N) is 1. The van der Waals surface area contributed by atoms with Gasteiger partial charge in [0.2, 0.25) is 0 Å². The lowest BCUT2D eigenvalue weighted by Crippen LogP contribution is -2.31. The van der Waals surface area contributed by atoms with Crippen LogP contribution in [0.4, 0.5) is 5.69 Å². The number of methoxy groups -OCH3 is 1. The van der Waals surface area contributed by atoms with E-state index in [1.54, 1.807) is 7.11 Å². The van der Waals surface area contributed by atoms with Gasteiger partial charge in [0.1, 0.15) is 5.75 Å². The van der Waals surface area contributed by atoms with Crippen LogP contribution >= 0.6 is 0 Å². The highest BCUT2D eigenvalue weighted by molar-refractivity contribution is 5.88. The number of amides is 1. The van der Waals surface area contributed by atoms with E-state index in [9.17, 15) is 4.79 Å². The number of rotatable bonds is 5. The number of para-hydroxylation sites is 2. The zero-order valence-electron chi connectivity index (χ0n) is 14.5. The fraction of sp³-hybridized carbons (Fsp3) is 0.556. The van der Waals surface area contributed by atoms with Gasteiger partial charge in [-0.2, -0.15) is 5.10 Å². The number of anilines is 1. The number of ether oxygens (including phenoxy) is 1. The molecule has 23 heavy (non-hydrogen) atoms. The maximum Gasteiger partial charge on any atom is 0.259 e. The highest BCUT2D eigenvalue weighted by Gasteiger charge is 2.29. The number of hydrogen-bond acceptors (Lipinski definition) is 4. The minimum atomic E-state index is -0.153. The van der Waals surface area contributed by atoms with E-state index in [0.717, 1.165) is 30.0 Å². The molecule has 1 aliphatic carbocycles. The maximum atomic E-state index is 12.0. The van der Waals surface area contributed by atoms with Gasteiger partial charge in [-0.15, -0.1) is 0 Å². The largest absolute Gasteiger partial charge is 0.495 e. The highest BCUT2D eigenvalue weighted by Crippen LogP contribution is 2.36. The van der Waals surface area contributed by atoms with E-state index in [2.05, 4.69) is 36.6 Å². The normalized spacial score (nSPS) is 21.7. The van der Waals surface area contributed by atoms with Crippen molar-refractivity contribution in [3.8, 4) is 5.75 Å². The summed E-state index contributed by atoms with van der Waals surface area (Å²) in [5.74, 6) is 1.18. The Morgan fingerprint density at radius 3 is 2.83 bits per heavy atom. The Morgan fingerprint density at radius 2 is 2.13 bits per heavy atom. The molecule has 1 saturated carbocycles. The average molecular weight is 317 g/mol. The molecule has 0 aliphatic heterocycles. The van der Waals surface area contributed by atoms with Crippen LogP contribution in [0.2, 0.25) is 0 Å². The summed E-state index contributed by atoms with van der Waals surface area (Å²) in [6, 6.07) is 7.52. The predicted molar refractivity (Wildman–Crippen MR) is 93.9 cm³/mol. The number of carbonyl (C=O) groups excluding carboxylic acids is 1. The quantitative estimate of drug-likeness (QED) is 0.818. The topological polar surface area (TPSA) is 62.7 Å². The number of nitrogens with one attached hydrogen (secondary N) is 2. The summed E-state index contributed by atoms with van der Waals surface area (Å²) in [6.07, 6.45) is 3.11. The van der Waals surface area contributed by atoms with Gasteiger partial charge in [-0.25, -0.2) is 5.43 Å². The first-order valence-corrected chi connectivity index (χ1v) is 8.11. The Balaban J connectivity index is 1.86. The molecule has 0 aromatic heterocycles. The van der Waals surface area contributed by atoms with Crippen molar-refractivity contribution in [1.82, 2.24) is 5.43 Å². The predicted octanol–water partition coefficient (Wildman–Crippen LogP) is 3.43. The van der Waals surface area contributed by atoms with E-state index >= 15 is 0 Å². The van der Waals surface area contributed by atoms with E-state index in [1.807, 2.05) is 24.3 Å². The van der Waals surface area contributed by atoms with Crippen molar-refractivity contribution < 1.29 is 9.53 Å². The molecule has 0 spiro atoms. The molecule has 126 valence electrons. The average Bonchev–Trinajstić information content (AvgIpc) is 2.49. The SMILES string of the molecule is COc1ccccc1NCC(=O)N/N=C1/C[C@@H](C)CC(C)(C)C1. The van der Waals surface area contributed by atoms with E-state index in [4.69, 9.17) is 4.74 Å². The van der Waals surface area contributed by atoms with Crippen molar-refractivity contribution in [2.45, 2.75) is 40.0 Å². The number of hydrazone groups is 1. The van der Waals surface area contributed by atoms with Crippen molar-refractivity contribution in [3.63, 3.8) is 0 Å². The molecule has 0 heterocycles. The first-order chi connectivity index (χ1) is 10.9. The Hall–Kier alpha value is -2.04. The molecule has 1 atom stereocenters. The molecule has 1 aliphatic rings. The van der Waals surface area contributed by atoms with E-state index in [-0.39, 0.29) is 17.9 Å². The molecule has 5 nitrogen and oxygen atoms in total. The molecule has 0 bridgehead atoms. The van der Waals surface area contributed by atoms with Gasteiger partial charge in [0, 0.05) is 5.71 Å². The Labute approximate surface area is 138 Å². The van der Waals surface area contributed by atoms with Gasteiger partial charge >= 0.3 is 0 Å². The molecular formula is C18H27N3O2. The second-order valence-corrected chi connectivity index (χ2v) is 7.12. The van der Waals surface area contributed by atoms with Crippen molar-refractivity contribution in [2.75, 3.05) is 19.0 Å². The summed E-state index contributed by atoms with van der Waals surface area (Å²) in [5, 5.41) is 7.40. The van der Waals surface area contributed by atoms with Crippen LogP contribution in [0.3, 0.4) is 0 Å². The summed E-state index contributed by atoms with van der Waals surface area (Å²) in [5.41, 5.74) is 4.80. The van der Waals surface area contributed by atoms with Crippen molar-refractivity contribution >= 4 is 17.3 Å². The van der Waals surface area contributed by atoms with E-state index in [1.165, 1.54) is 6.42 Å². The third kappa shape index (κ3) is 5.27. The Bertz CT molecular complexity index is 581. The van der Waals surface area contributed by atoms with Crippen LogP contribution in [-0.2, 0) is 4.79 Å². The lowest BCUT2D eigenvalue weighted by molar-refractivity contribution is -0.119. The molecule has 0 unspecified atom stereocenters. The third-order valence-electron chi connectivity index (χ3n) is 4.05.